The number of rotatable bonds is 7. The number of furan rings is 1. The van der Waals surface area contributed by atoms with Gasteiger partial charge in [-0.3, -0.25) is 14.3 Å². The van der Waals surface area contributed by atoms with Gasteiger partial charge in [-0.05, 0) is 55.0 Å². The number of halogens is 1. The first-order valence-corrected chi connectivity index (χ1v) is 10.9. The molecule has 3 aromatic heterocycles. The second kappa shape index (κ2) is 9.27. The van der Waals surface area contributed by atoms with Crippen LogP contribution in [0.4, 0.5) is 5.69 Å². The summed E-state index contributed by atoms with van der Waals surface area (Å²) in [5.74, 6) is 1.54. The van der Waals surface area contributed by atoms with Crippen molar-refractivity contribution in [3.63, 3.8) is 0 Å². The van der Waals surface area contributed by atoms with Crippen LogP contribution in [-0.4, -0.2) is 31.4 Å². The highest BCUT2D eigenvalue weighted by Gasteiger charge is 2.17. The Balaban J connectivity index is 1.52. The molecule has 0 saturated heterocycles. The Hall–Kier alpha value is -2.91. The number of amides is 1. The number of thioether (sulfide) groups is 1. The first-order chi connectivity index (χ1) is 14.6. The van der Waals surface area contributed by atoms with Crippen molar-refractivity contribution in [3.05, 3.63) is 76.9 Å². The molecular weight excluding hydrogens is 466 g/mol. The van der Waals surface area contributed by atoms with E-state index >= 15 is 0 Å². The minimum Gasteiger partial charge on any atom is -0.467 e. The zero-order valence-corrected chi connectivity index (χ0v) is 18.5. The Kier molecular flexibility index (Phi) is 6.29. The number of aryl methyl sites for hydroxylation is 1. The third-order valence-corrected chi connectivity index (χ3v) is 5.79. The van der Waals surface area contributed by atoms with Gasteiger partial charge in [-0.15, -0.1) is 10.2 Å². The Labute approximate surface area is 186 Å². The van der Waals surface area contributed by atoms with Gasteiger partial charge in [-0.25, -0.2) is 0 Å². The van der Waals surface area contributed by atoms with E-state index in [-0.39, 0.29) is 11.7 Å². The molecule has 0 aliphatic carbocycles. The van der Waals surface area contributed by atoms with E-state index in [2.05, 4.69) is 36.4 Å². The van der Waals surface area contributed by atoms with Crippen molar-refractivity contribution in [3.8, 4) is 11.4 Å². The number of carbonyl (C=O) groups is 1. The molecule has 30 heavy (non-hydrogen) atoms. The van der Waals surface area contributed by atoms with Crippen molar-refractivity contribution >= 4 is 39.3 Å². The molecule has 9 heteroatoms. The molecule has 0 saturated carbocycles. The predicted octanol–water partition coefficient (Wildman–Crippen LogP) is 4.78. The second-order valence-corrected chi connectivity index (χ2v) is 8.37. The van der Waals surface area contributed by atoms with Crippen LogP contribution in [0.5, 0.6) is 0 Å². The van der Waals surface area contributed by atoms with Crippen LogP contribution in [0.2, 0.25) is 0 Å². The van der Waals surface area contributed by atoms with Crippen LogP contribution in [0.1, 0.15) is 11.3 Å². The number of aromatic nitrogens is 4. The molecule has 0 spiro atoms. The number of hydrogen-bond acceptors (Lipinski definition) is 6. The van der Waals surface area contributed by atoms with Gasteiger partial charge in [-0.1, -0.05) is 27.7 Å². The Morgan fingerprint density at radius 2 is 2.13 bits per heavy atom. The van der Waals surface area contributed by atoms with Crippen molar-refractivity contribution in [2.24, 2.45) is 0 Å². The molecule has 1 N–H and O–H groups in total. The highest BCUT2D eigenvalue weighted by Crippen LogP contribution is 2.25. The van der Waals surface area contributed by atoms with Gasteiger partial charge >= 0.3 is 0 Å². The first kappa shape index (κ1) is 20.4. The number of nitrogens with one attached hydrogen (secondary N) is 1. The van der Waals surface area contributed by atoms with Crippen LogP contribution in [0.3, 0.4) is 0 Å². The average Bonchev–Trinajstić information content (AvgIpc) is 3.40. The summed E-state index contributed by atoms with van der Waals surface area (Å²) in [6, 6.07) is 13.2. The average molecular weight is 484 g/mol. The smallest absolute Gasteiger partial charge is 0.234 e. The topological polar surface area (TPSA) is 85.8 Å². The molecule has 1 amide bonds. The van der Waals surface area contributed by atoms with Crippen LogP contribution in [0.15, 0.2) is 75.2 Å². The lowest BCUT2D eigenvalue weighted by Crippen LogP contribution is -2.15. The summed E-state index contributed by atoms with van der Waals surface area (Å²) >= 11 is 4.76. The van der Waals surface area contributed by atoms with Gasteiger partial charge in [0.1, 0.15) is 5.76 Å². The van der Waals surface area contributed by atoms with Crippen LogP contribution in [0.25, 0.3) is 11.4 Å². The van der Waals surface area contributed by atoms with Crippen LogP contribution < -0.4 is 5.32 Å². The zero-order chi connectivity index (χ0) is 20.9. The largest absolute Gasteiger partial charge is 0.467 e. The molecule has 4 aromatic rings. The minimum atomic E-state index is -0.110. The summed E-state index contributed by atoms with van der Waals surface area (Å²) in [7, 11) is 0. The van der Waals surface area contributed by atoms with Crippen molar-refractivity contribution in [1.29, 1.82) is 0 Å². The van der Waals surface area contributed by atoms with Gasteiger partial charge in [0, 0.05) is 28.1 Å². The lowest BCUT2D eigenvalue weighted by molar-refractivity contribution is -0.113. The zero-order valence-electron chi connectivity index (χ0n) is 16.1. The highest BCUT2D eigenvalue weighted by molar-refractivity contribution is 9.10. The SMILES string of the molecule is Cc1cc(Br)ccc1NC(=O)CSc1nnc(-c2cccnc2)n1Cc1ccco1. The lowest BCUT2D eigenvalue weighted by Gasteiger charge is -2.10. The summed E-state index contributed by atoms with van der Waals surface area (Å²) in [6.07, 6.45) is 5.07. The number of pyridine rings is 1. The summed E-state index contributed by atoms with van der Waals surface area (Å²) < 4.78 is 8.40. The van der Waals surface area contributed by atoms with Crippen molar-refractivity contribution in [1.82, 2.24) is 19.7 Å². The molecule has 3 heterocycles. The molecule has 0 radical (unpaired) electrons. The monoisotopic (exact) mass is 483 g/mol. The standard InChI is InChI=1S/C21H18BrN5O2S/c1-14-10-16(22)6-7-18(14)24-19(28)13-30-21-26-25-20(15-4-2-8-23-11-15)27(21)12-17-5-3-9-29-17/h2-11H,12-13H2,1H3,(H,24,28). The normalized spacial score (nSPS) is 10.9. The fraction of sp³-hybridized carbons (Fsp3) is 0.143. The molecule has 0 aliphatic rings. The predicted molar refractivity (Wildman–Crippen MR) is 119 cm³/mol. The lowest BCUT2D eigenvalue weighted by atomic mass is 10.2. The summed E-state index contributed by atoms with van der Waals surface area (Å²) in [4.78, 5) is 16.7. The molecule has 0 unspecified atom stereocenters. The maximum Gasteiger partial charge on any atom is 0.234 e. The van der Waals surface area contributed by atoms with Crippen molar-refractivity contribution in [2.75, 3.05) is 11.1 Å². The molecule has 0 fully saturated rings. The third kappa shape index (κ3) is 4.80. The molecule has 1 aromatic carbocycles. The maximum absolute atomic E-state index is 12.5. The number of carbonyl (C=O) groups excluding carboxylic acids is 1. The molecule has 4 rings (SSSR count). The van der Waals surface area contributed by atoms with Crippen molar-refractivity contribution < 1.29 is 9.21 Å². The number of hydrogen-bond donors (Lipinski definition) is 1. The molecule has 152 valence electrons. The van der Waals surface area contributed by atoms with E-state index in [9.17, 15) is 4.79 Å². The van der Waals surface area contributed by atoms with Crippen LogP contribution in [-0.2, 0) is 11.3 Å². The number of anilines is 1. The highest BCUT2D eigenvalue weighted by atomic mass is 79.9. The quantitative estimate of drug-likeness (QED) is 0.380. The fourth-order valence-electron chi connectivity index (χ4n) is 2.89. The second-order valence-electron chi connectivity index (χ2n) is 6.51. The molecule has 0 aliphatic heterocycles. The number of benzene rings is 1. The summed E-state index contributed by atoms with van der Waals surface area (Å²) in [5.41, 5.74) is 2.62. The van der Waals surface area contributed by atoms with Gasteiger partial charge in [0.2, 0.25) is 5.91 Å². The molecular formula is C21H18BrN5O2S. The van der Waals surface area contributed by atoms with Gasteiger partial charge in [0.15, 0.2) is 11.0 Å². The maximum atomic E-state index is 12.5. The minimum absolute atomic E-state index is 0.110. The van der Waals surface area contributed by atoms with E-state index in [1.807, 2.05) is 54.0 Å². The van der Waals surface area contributed by atoms with E-state index in [4.69, 9.17) is 4.42 Å². The van der Waals surface area contributed by atoms with Crippen LogP contribution in [0, 0.1) is 6.92 Å². The van der Waals surface area contributed by atoms with Crippen molar-refractivity contribution in [2.45, 2.75) is 18.6 Å². The molecule has 0 atom stereocenters. The molecule has 7 nitrogen and oxygen atoms in total. The fourth-order valence-corrected chi connectivity index (χ4v) is 4.10. The Morgan fingerprint density at radius 3 is 2.87 bits per heavy atom. The van der Waals surface area contributed by atoms with E-state index in [0.29, 0.717) is 17.5 Å². The summed E-state index contributed by atoms with van der Waals surface area (Å²) in [6.45, 7) is 2.41. The third-order valence-electron chi connectivity index (χ3n) is 4.33. The Bertz CT molecular complexity index is 1150. The summed E-state index contributed by atoms with van der Waals surface area (Å²) in [5, 5.41) is 12.2. The Morgan fingerprint density at radius 1 is 1.23 bits per heavy atom. The first-order valence-electron chi connectivity index (χ1n) is 9.15. The van der Waals surface area contributed by atoms with E-state index in [1.165, 1.54) is 11.8 Å². The van der Waals surface area contributed by atoms with Crippen LogP contribution >= 0.6 is 27.7 Å². The molecule has 0 bridgehead atoms. The van der Waals surface area contributed by atoms with Gasteiger partial charge in [0.25, 0.3) is 0 Å². The van der Waals surface area contributed by atoms with E-state index < -0.39 is 0 Å². The number of nitrogens with zero attached hydrogens (tertiary/aromatic N) is 4. The van der Waals surface area contributed by atoms with E-state index in [1.54, 1.807) is 18.7 Å². The van der Waals surface area contributed by atoms with Gasteiger partial charge < -0.3 is 9.73 Å². The van der Waals surface area contributed by atoms with Gasteiger partial charge in [-0.2, -0.15) is 0 Å². The van der Waals surface area contributed by atoms with Gasteiger partial charge in [0.05, 0.1) is 18.6 Å². The van der Waals surface area contributed by atoms with E-state index in [0.717, 1.165) is 27.0 Å².